The number of Topliss-reactive ketones (excluding diaryl/α,β-unsaturated/α-hetero) is 1. The van der Waals surface area contributed by atoms with Crippen LogP contribution < -0.4 is 26.0 Å². The molecule has 0 bridgehead atoms. The van der Waals surface area contributed by atoms with Crippen molar-refractivity contribution in [2.75, 3.05) is 87.1 Å². The first kappa shape index (κ1) is 45.0. The number of urea groups is 1. The van der Waals surface area contributed by atoms with Gasteiger partial charge in [-0.15, -0.1) is 0 Å². The number of benzene rings is 1. The molecular formula is C49H58N12O7. The molecule has 356 valence electrons. The van der Waals surface area contributed by atoms with Crippen LogP contribution in [-0.4, -0.2) is 153 Å². The van der Waals surface area contributed by atoms with E-state index < -0.39 is 29.7 Å². The van der Waals surface area contributed by atoms with Crippen LogP contribution in [0.15, 0.2) is 47.5 Å². The first-order chi connectivity index (χ1) is 32.9. The lowest BCUT2D eigenvalue weighted by Crippen LogP contribution is -2.54. The van der Waals surface area contributed by atoms with Gasteiger partial charge in [0.15, 0.2) is 5.78 Å². The average Bonchev–Trinajstić information content (AvgIpc) is 3.97. The number of fused-ring (bicyclic) bond motifs is 2. The third-order valence-electron chi connectivity index (χ3n) is 15.1. The van der Waals surface area contributed by atoms with Crippen LogP contribution in [0.25, 0.3) is 11.0 Å². The highest BCUT2D eigenvalue weighted by Gasteiger charge is 2.45. The Balaban J connectivity index is 0.658. The molecule has 2 N–H and O–H groups in total. The Kier molecular flexibility index (Phi) is 12.4. The van der Waals surface area contributed by atoms with Gasteiger partial charge in [-0.1, -0.05) is 12.8 Å². The molecule has 3 aromatic heterocycles. The summed E-state index contributed by atoms with van der Waals surface area (Å²) in [6.07, 6.45) is 10.6. The number of likely N-dealkylation sites (tertiary alicyclic amines) is 1. The molecule has 1 aromatic carbocycles. The van der Waals surface area contributed by atoms with Crippen molar-refractivity contribution >= 4 is 69.6 Å². The zero-order chi connectivity index (χ0) is 47.2. The second kappa shape index (κ2) is 18.7. The number of rotatable bonds is 10. The first-order valence-electron chi connectivity index (χ1n) is 24.2. The number of nitrogens with one attached hydrogen (secondary N) is 2. The summed E-state index contributed by atoms with van der Waals surface area (Å²) in [5.74, 6) is -0.804. The zero-order valence-corrected chi connectivity index (χ0v) is 38.7. The van der Waals surface area contributed by atoms with Gasteiger partial charge in [0.2, 0.25) is 17.8 Å². The number of pyridine rings is 2. The van der Waals surface area contributed by atoms with Gasteiger partial charge in [-0.05, 0) is 101 Å². The van der Waals surface area contributed by atoms with Gasteiger partial charge in [0.1, 0.15) is 17.5 Å². The van der Waals surface area contributed by atoms with E-state index in [9.17, 15) is 33.6 Å². The smallest absolute Gasteiger partial charge is 0.320 e. The number of hydrogen-bond acceptors (Lipinski definition) is 14. The maximum absolute atomic E-state index is 13.6. The van der Waals surface area contributed by atoms with Gasteiger partial charge in [0.05, 0.1) is 28.6 Å². The number of carbonyl (C=O) groups excluding carboxylic acids is 6. The van der Waals surface area contributed by atoms with E-state index >= 15 is 0 Å². The molecule has 19 heteroatoms. The number of aryl methyl sites for hydroxylation is 1. The van der Waals surface area contributed by atoms with Gasteiger partial charge >= 0.3 is 6.03 Å². The van der Waals surface area contributed by atoms with Crippen molar-refractivity contribution < 1.29 is 28.8 Å². The fourth-order valence-corrected chi connectivity index (χ4v) is 11.1. The van der Waals surface area contributed by atoms with Crippen LogP contribution >= 0.6 is 0 Å². The summed E-state index contributed by atoms with van der Waals surface area (Å²) in [5.41, 5.74) is 3.47. The zero-order valence-electron chi connectivity index (χ0n) is 38.7. The van der Waals surface area contributed by atoms with E-state index in [1.54, 1.807) is 29.8 Å². The van der Waals surface area contributed by atoms with E-state index in [4.69, 9.17) is 4.98 Å². The van der Waals surface area contributed by atoms with Crippen LogP contribution in [0.4, 0.5) is 27.9 Å². The molecule has 1 saturated carbocycles. The number of aromatic nitrogens is 4. The summed E-state index contributed by atoms with van der Waals surface area (Å²) >= 11 is 0. The Hall–Kier alpha value is -6.76. The third-order valence-corrected chi connectivity index (χ3v) is 15.1. The minimum absolute atomic E-state index is 0.00622. The van der Waals surface area contributed by atoms with Crippen molar-refractivity contribution in [3.8, 4) is 0 Å². The number of imide groups is 2. The summed E-state index contributed by atoms with van der Waals surface area (Å²) in [4.78, 5) is 116. The van der Waals surface area contributed by atoms with Crippen LogP contribution in [-0.2, 0) is 9.59 Å². The van der Waals surface area contributed by atoms with Crippen molar-refractivity contribution in [1.82, 2.24) is 44.4 Å². The molecule has 19 nitrogen and oxygen atoms in total. The van der Waals surface area contributed by atoms with E-state index in [2.05, 4.69) is 35.3 Å². The third kappa shape index (κ3) is 8.67. The summed E-state index contributed by atoms with van der Waals surface area (Å²) in [5, 5.41) is 6.14. The Bertz CT molecular complexity index is 2730. The Morgan fingerprint density at radius 3 is 2.12 bits per heavy atom. The van der Waals surface area contributed by atoms with Crippen LogP contribution in [0.1, 0.15) is 107 Å². The average molecular weight is 927 g/mol. The molecule has 1 unspecified atom stereocenters. The lowest BCUT2D eigenvalue weighted by Gasteiger charge is -2.41. The second-order valence-electron chi connectivity index (χ2n) is 19.1. The quantitative estimate of drug-likeness (QED) is 0.170. The molecule has 0 spiro atoms. The first-order valence-corrected chi connectivity index (χ1v) is 24.2. The monoisotopic (exact) mass is 926 g/mol. The predicted octanol–water partition coefficient (Wildman–Crippen LogP) is 4.12. The standard InChI is InChI=1S/C49H58N12O7/c1-30-38-29-51-48(54-43(38)60(33-5-3-4-6-33)47(67)42(30)31(2)62)52-40-11-8-35(28-50-40)57-23-25-59(26-24-57)49(68)58-17-14-32(15-18-58)13-16-55-19-21-56(22-20-55)34-7-9-36-37(27-34)46(66)61(45(36)65)39-10-12-41(63)53-44(39)64/h7-9,11,27-29,32-33,39H,3-6,10,12-26H2,1-2H3,(H,53,63,64)(H,50,51,52,54). The number of nitrogens with zero attached hydrogens (tertiary/aromatic N) is 10. The fraction of sp³-hybridized carbons (Fsp3) is 0.510. The number of amides is 6. The number of piperazine rings is 2. The topological polar surface area (TPSA) is 207 Å². The second-order valence-corrected chi connectivity index (χ2v) is 19.1. The van der Waals surface area contributed by atoms with Crippen LogP contribution in [0.5, 0.6) is 0 Å². The molecule has 1 atom stereocenters. The molecule has 0 radical (unpaired) electrons. The number of piperidine rings is 2. The maximum atomic E-state index is 13.6. The van der Waals surface area contributed by atoms with Gasteiger partial charge in [-0.2, -0.15) is 4.98 Å². The molecule has 5 aliphatic heterocycles. The summed E-state index contributed by atoms with van der Waals surface area (Å²) in [7, 11) is 0. The van der Waals surface area contributed by atoms with Crippen molar-refractivity contribution in [1.29, 1.82) is 0 Å². The van der Waals surface area contributed by atoms with Gasteiger partial charge in [-0.25, -0.2) is 14.8 Å². The molecule has 5 fully saturated rings. The summed E-state index contributed by atoms with van der Waals surface area (Å²) in [6.45, 7) is 11.7. The van der Waals surface area contributed by atoms with E-state index in [-0.39, 0.29) is 47.4 Å². The van der Waals surface area contributed by atoms with Crippen LogP contribution in [0.2, 0.25) is 0 Å². The van der Waals surface area contributed by atoms with Gasteiger partial charge in [0.25, 0.3) is 17.4 Å². The van der Waals surface area contributed by atoms with Gasteiger partial charge in [-0.3, -0.25) is 48.5 Å². The van der Waals surface area contributed by atoms with Crippen molar-refractivity contribution in [3.05, 3.63) is 75.3 Å². The molecule has 6 amide bonds. The van der Waals surface area contributed by atoms with Gasteiger partial charge in [0, 0.05) is 95.2 Å². The van der Waals surface area contributed by atoms with Crippen molar-refractivity contribution in [2.45, 2.75) is 83.7 Å². The molecule has 4 aromatic rings. The Morgan fingerprint density at radius 2 is 1.43 bits per heavy atom. The minimum Gasteiger partial charge on any atom is -0.369 e. The SMILES string of the molecule is CC(=O)c1c(C)c2cnc(Nc3ccc(N4CCN(C(=O)N5CCC(CCN6CCN(c7ccc8c(c7)C(=O)N(C7CCC(=O)NC7=O)C8=O)CC6)CC5)CC4)cn3)nc2n(C2CCCC2)c1=O. The van der Waals surface area contributed by atoms with Crippen LogP contribution in [0.3, 0.4) is 0 Å². The predicted molar refractivity (Wildman–Crippen MR) is 253 cm³/mol. The van der Waals surface area contributed by atoms with Crippen LogP contribution in [0, 0.1) is 12.8 Å². The summed E-state index contributed by atoms with van der Waals surface area (Å²) in [6, 6.07) is 8.31. The molecule has 1 aliphatic carbocycles. The Labute approximate surface area is 393 Å². The number of hydrogen-bond donors (Lipinski definition) is 2. The summed E-state index contributed by atoms with van der Waals surface area (Å²) < 4.78 is 1.70. The molecule has 6 aliphatic rings. The fourth-order valence-electron chi connectivity index (χ4n) is 11.1. The number of anilines is 4. The van der Waals surface area contributed by atoms with Crippen molar-refractivity contribution in [2.24, 2.45) is 5.92 Å². The molecule has 4 saturated heterocycles. The molecule has 8 heterocycles. The van der Waals surface area contributed by atoms with E-state index in [1.807, 2.05) is 34.2 Å². The highest BCUT2D eigenvalue weighted by atomic mass is 16.2. The highest BCUT2D eigenvalue weighted by Crippen LogP contribution is 2.34. The van der Waals surface area contributed by atoms with Gasteiger partial charge < -0.3 is 24.9 Å². The number of ketones is 1. The molecular weight excluding hydrogens is 869 g/mol. The van der Waals surface area contributed by atoms with E-state index in [1.165, 1.54) is 6.92 Å². The lowest BCUT2D eigenvalue weighted by atomic mass is 9.93. The molecule has 10 rings (SSSR count). The van der Waals surface area contributed by atoms with Crippen molar-refractivity contribution in [3.63, 3.8) is 0 Å². The van der Waals surface area contributed by atoms with E-state index in [0.29, 0.717) is 66.0 Å². The molecule has 68 heavy (non-hydrogen) atoms. The lowest BCUT2D eigenvalue weighted by molar-refractivity contribution is -0.136. The maximum Gasteiger partial charge on any atom is 0.320 e. The highest BCUT2D eigenvalue weighted by molar-refractivity contribution is 6.23. The normalized spacial score (nSPS) is 21.0. The largest absolute Gasteiger partial charge is 0.369 e. The van der Waals surface area contributed by atoms with E-state index in [0.717, 1.165) is 107 Å². The number of carbonyl (C=O) groups is 6. The Morgan fingerprint density at radius 1 is 0.750 bits per heavy atom. The minimum atomic E-state index is -0.981.